The van der Waals surface area contributed by atoms with Crippen LogP contribution in [-0.4, -0.2) is 57.6 Å². The van der Waals surface area contributed by atoms with E-state index in [-0.39, 0.29) is 32.1 Å². The SMILES string of the molecule is O=C(O)c1nc(N(CCO)CCO)c2ccccc2n1. The number of carboxylic acids is 1. The summed E-state index contributed by atoms with van der Waals surface area (Å²) in [5, 5.41) is 27.9. The first-order chi connectivity index (χ1) is 9.67. The Balaban J connectivity index is 2.61. The smallest absolute Gasteiger partial charge is 0.374 e. The fourth-order valence-corrected chi connectivity index (χ4v) is 1.96. The number of carboxylic acid groups (broad SMARTS) is 1. The standard InChI is InChI=1S/C13H15N3O4/c17-7-5-16(6-8-18)12-9-3-1-2-4-10(9)14-11(15-12)13(19)20/h1-4,17-18H,5-8H2,(H,19,20). The molecule has 1 heterocycles. The molecule has 1 aromatic heterocycles. The van der Waals surface area contributed by atoms with Crippen molar-refractivity contribution in [1.82, 2.24) is 9.97 Å². The van der Waals surface area contributed by atoms with Gasteiger partial charge in [-0.25, -0.2) is 14.8 Å². The zero-order valence-electron chi connectivity index (χ0n) is 10.7. The molecule has 0 atom stereocenters. The van der Waals surface area contributed by atoms with E-state index in [0.717, 1.165) is 0 Å². The molecule has 0 radical (unpaired) electrons. The summed E-state index contributed by atoms with van der Waals surface area (Å²) < 4.78 is 0. The summed E-state index contributed by atoms with van der Waals surface area (Å²) in [5.74, 6) is -1.12. The molecule has 2 aromatic rings. The molecule has 3 N–H and O–H groups in total. The lowest BCUT2D eigenvalue weighted by molar-refractivity contribution is 0.0684. The minimum Gasteiger partial charge on any atom is -0.475 e. The highest BCUT2D eigenvalue weighted by Crippen LogP contribution is 2.23. The highest BCUT2D eigenvalue weighted by molar-refractivity contribution is 5.93. The molecule has 106 valence electrons. The van der Waals surface area contributed by atoms with Crippen LogP contribution in [0.4, 0.5) is 5.82 Å². The number of hydrogen-bond donors (Lipinski definition) is 3. The number of carbonyl (C=O) groups is 1. The molecule has 0 unspecified atom stereocenters. The Labute approximate surface area is 115 Å². The molecular weight excluding hydrogens is 262 g/mol. The maximum Gasteiger partial charge on any atom is 0.374 e. The van der Waals surface area contributed by atoms with Gasteiger partial charge in [0.15, 0.2) is 0 Å². The zero-order valence-corrected chi connectivity index (χ0v) is 10.7. The van der Waals surface area contributed by atoms with Gasteiger partial charge in [0, 0.05) is 18.5 Å². The number of rotatable bonds is 6. The molecule has 20 heavy (non-hydrogen) atoms. The lowest BCUT2D eigenvalue weighted by Gasteiger charge is -2.23. The van der Waals surface area contributed by atoms with Gasteiger partial charge in [-0.3, -0.25) is 0 Å². The third-order valence-electron chi connectivity index (χ3n) is 2.81. The number of benzene rings is 1. The molecule has 0 aliphatic rings. The summed E-state index contributed by atoms with van der Waals surface area (Å²) >= 11 is 0. The normalized spacial score (nSPS) is 10.7. The van der Waals surface area contributed by atoms with Crippen molar-refractivity contribution in [3.63, 3.8) is 0 Å². The molecule has 0 bridgehead atoms. The predicted octanol–water partition coefficient (Wildman–Crippen LogP) is 0.119. The van der Waals surface area contributed by atoms with Crippen LogP contribution >= 0.6 is 0 Å². The lowest BCUT2D eigenvalue weighted by atomic mass is 10.2. The number of aromatic carboxylic acids is 1. The Bertz CT molecular complexity index is 612. The highest BCUT2D eigenvalue weighted by atomic mass is 16.4. The van der Waals surface area contributed by atoms with Gasteiger partial charge in [-0.1, -0.05) is 12.1 Å². The molecule has 0 saturated carbocycles. The molecule has 0 fully saturated rings. The number of hydrogen-bond acceptors (Lipinski definition) is 6. The van der Waals surface area contributed by atoms with Crippen molar-refractivity contribution >= 4 is 22.7 Å². The molecule has 0 spiro atoms. The van der Waals surface area contributed by atoms with Gasteiger partial charge in [0.25, 0.3) is 0 Å². The number of anilines is 1. The van der Waals surface area contributed by atoms with E-state index in [4.69, 9.17) is 15.3 Å². The molecule has 0 amide bonds. The van der Waals surface area contributed by atoms with Gasteiger partial charge in [0.05, 0.1) is 18.7 Å². The number of aliphatic hydroxyl groups is 2. The van der Waals surface area contributed by atoms with Crippen molar-refractivity contribution in [1.29, 1.82) is 0 Å². The summed E-state index contributed by atoms with van der Waals surface area (Å²) in [6, 6.07) is 7.03. The summed E-state index contributed by atoms with van der Waals surface area (Å²) in [5.41, 5.74) is 0.510. The number of fused-ring (bicyclic) bond motifs is 1. The maximum absolute atomic E-state index is 11.1. The lowest BCUT2D eigenvalue weighted by Crippen LogP contribution is -2.31. The van der Waals surface area contributed by atoms with Gasteiger partial charge in [-0.05, 0) is 12.1 Å². The highest BCUT2D eigenvalue weighted by Gasteiger charge is 2.16. The van der Waals surface area contributed by atoms with Crippen molar-refractivity contribution in [3.8, 4) is 0 Å². The van der Waals surface area contributed by atoms with Crippen molar-refractivity contribution in [2.45, 2.75) is 0 Å². The Morgan fingerprint density at radius 1 is 1.10 bits per heavy atom. The van der Waals surface area contributed by atoms with Gasteiger partial charge in [-0.15, -0.1) is 0 Å². The van der Waals surface area contributed by atoms with Crippen molar-refractivity contribution in [2.75, 3.05) is 31.2 Å². The van der Waals surface area contributed by atoms with Crippen molar-refractivity contribution in [2.24, 2.45) is 0 Å². The largest absolute Gasteiger partial charge is 0.475 e. The van der Waals surface area contributed by atoms with E-state index in [9.17, 15) is 4.79 Å². The van der Waals surface area contributed by atoms with Crippen LogP contribution in [-0.2, 0) is 0 Å². The van der Waals surface area contributed by atoms with Crippen molar-refractivity contribution < 1.29 is 20.1 Å². The predicted molar refractivity (Wildman–Crippen MR) is 72.9 cm³/mol. The van der Waals surface area contributed by atoms with E-state index in [0.29, 0.717) is 16.7 Å². The number of para-hydroxylation sites is 1. The molecule has 0 aliphatic carbocycles. The Morgan fingerprint density at radius 3 is 2.35 bits per heavy atom. The molecule has 7 heteroatoms. The molecule has 1 aromatic carbocycles. The van der Waals surface area contributed by atoms with E-state index < -0.39 is 5.97 Å². The molecule has 7 nitrogen and oxygen atoms in total. The second-order valence-electron chi connectivity index (χ2n) is 4.13. The Morgan fingerprint density at radius 2 is 1.75 bits per heavy atom. The summed E-state index contributed by atoms with van der Waals surface area (Å²) in [4.78, 5) is 20.7. The monoisotopic (exact) mass is 277 g/mol. The summed E-state index contributed by atoms with van der Waals surface area (Å²) in [6.45, 7) is 0.253. The maximum atomic E-state index is 11.1. The van der Waals surface area contributed by atoms with E-state index in [1.54, 1.807) is 29.2 Å². The topological polar surface area (TPSA) is 107 Å². The first kappa shape index (κ1) is 14.2. The minimum absolute atomic E-state index is 0.124. The summed E-state index contributed by atoms with van der Waals surface area (Å²) in [7, 11) is 0. The van der Waals surface area contributed by atoms with Crippen LogP contribution in [0, 0.1) is 0 Å². The molecule has 0 aliphatic heterocycles. The van der Waals surface area contributed by atoms with E-state index in [2.05, 4.69) is 9.97 Å². The van der Waals surface area contributed by atoms with Gasteiger partial charge >= 0.3 is 5.97 Å². The molecule has 0 saturated heterocycles. The van der Waals surface area contributed by atoms with E-state index in [1.807, 2.05) is 0 Å². The third-order valence-corrected chi connectivity index (χ3v) is 2.81. The van der Waals surface area contributed by atoms with Crippen LogP contribution in [0.25, 0.3) is 10.9 Å². The van der Waals surface area contributed by atoms with Crippen LogP contribution < -0.4 is 4.90 Å². The second-order valence-corrected chi connectivity index (χ2v) is 4.13. The molecular formula is C13H15N3O4. The Kier molecular flexibility index (Phi) is 4.44. The average molecular weight is 277 g/mol. The van der Waals surface area contributed by atoms with Gasteiger partial charge in [0.1, 0.15) is 5.82 Å². The van der Waals surface area contributed by atoms with Crippen LogP contribution in [0.15, 0.2) is 24.3 Å². The van der Waals surface area contributed by atoms with Crippen LogP contribution in [0.5, 0.6) is 0 Å². The third kappa shape index (κ3) is 2.84. The second kappa shape index (κ2) is 6.27. The van der Waals surface area contributed by atoms with Crippen LogP contribution in [0.1, 0.15) is 10.6 Å². The minimum atomic E-state index is -1.22. The first-order valence-corrected chi connectivity index (χ1v) is 6.14. The van der Waals surface area contributed by atoms with Gasteiger partial charge in [0.2, 0.25) is 5.82 Å². The fourth-order valence-electron chi connectivity index (χ4n) is 1.96. The number of aliphatic hydroxyl groups excluding tert-OH is 2. The number of aromatic nitrogens is 2. The van der Waals surface area contributed by atoms with Crippen LogP contribution in [0.2, 0.25) is 0 Å². The average Bonchev–Trinajstić information content (AvgIpc) is 2.46. The first-order valence-electron chi connectivity index (χ1n) is 6.14. The Hall–Kier alpha value is -2.25. The van der Waals surface area contributed by atoms with Crippen LogP contribution in [0.3, 0.4) is 0 Å². The molecule has 2 rings (SSSR count). The van der Waals surface area contributed by atoms with Gasteiger partial charge < -0.3 is 20.2 Å². The summed E-state index contributed by atoms with van der Waals surface area (Å²) in [6.07, 6.45) is 0. The van der Waals surface area contributed by atoms with Gasteiger partial charge in [-0.2, -0.15) is 0 Å². The number of nitrogens with zero attached hydrogens (tertiary/aromatic N) is 3. The zero-order chi connectivity index (χ0) is 14.5. The van der Waals surface area contributed by atoms with E-state index in [1.165, 1.54) is 0 Å². The van der Waals surface area contributed by atoms with E-state index >= 15 is 0 Å². The quantitative estimate of drug-likeness (QED) is 0.688. The van der Waals surface area contributed by atoms with Crippen molar-refractivity contribution in [3.05, 3.63) is 30.1 Å². The fraction of sp³-hybridized carbons (Fsp3) is 0.308.